The molecule has 16 heavy (non-hydrogen) atoms. The summed E-state index contributed by atoms with van der Waals surface area (Å²) >= 11 is -1.21. The summed E-state index contributed by atoms with van der Waals surface area (Å²) in [5.74, 6) is 0. The fourth-order valence-corrected chi connectivity index (χ4v) is 12.6. The van der Waals surface area contributed by atoms with Crippen molar-refractivity contribution in [3.63, 3.8) is 0 Å². The summed E-state index contributed by atoms with van der Waals surface area (Å²) in [6, 6.07) is 11.2. The van der Waals surface area contributed by atoms with Gasteiger partial charge in [0.25, 0.3) is 0 Å². The summed E-state index contributed by atoms with van der Waals surface area (Å²) in [5.41, 5.74) is 1.61. The van der Waals surface area contributed by atoms with Gasteiger partial charge >= 0.3 is 108 Å². The summed E-state index contributed by atoms with van der Waals surface area (Å²) in [7, 11) is 0. The van der Waals surface area contributed by atoms with E-state index in [4.69, 9.17) is 0 Å². The second kappa shape index (κ2) is 9.09. The molecule has 0 fully saturated rings. The molecule has 0 spiro atoms. The first-order chi connectivity index (χ1) is 7.86. The van der Waals surface area contributed by atoms with E-state index in [-0.39, 0.29) is 0 Å². The van der Waals surface area contributed by atoms with Crippen LogP contribution in [0, 0.1) is 0 Å². The summed E-state index contributed by atoms with van der Waals surface area (Å²) in [6.07, 6.45) is 5.73. The fraction of sp³-hybridized carbons (Fsp3) is 0.600. The molecule has 1 aromatic carbocycles. The van der Waals surface area contributed by atoms with Gasteiger partial charge in [-0.2, -0.15) is 0 Å². The number of rotatable bonds is 8. The van der Waals surface area contributed by atoms with E-state index in [1.165, 1.54) is 30.1 Å². The first-order valence-electron chi connectivity index (χ1n) is 6.90. The normalized spacial score (nSPS) is 10.9. The molecule has 0 saturated carbocycles. The van der Waals surface area contributed by atoms with Gasteiger partial charge < -0.3 is 0 Å². The number of unbranched alkanes of at least 4 members (excludes halogenated alkanes) is 2. The maximum atomic E-state index is 2.32. The average Bonchev–Trinajstić information content (AvgIpc) is 2.34. The molecule has 0 amide bonds. The molecule has 0 radical (unpaired) electrons. The van der Waals surface area contributed by atoms with Crippen molar-refractivity contribution < 1.29 is 0 Å². The van der Waals surface area contributed by atoms with E-state index in [0.717, 1.165) is 0 Å². The first kappa shape index (κ1) is 14.1. The Morgan fingerprint density at radius 3 is 1.94 bits per heavy atom. The minimum atomic E-state index is -1.21. The molecule has 0 aromatic heterocycles. The Morgan fingerprint density at radius 2 is 1.44 bits per heavy atom. The van der Waals surface area contributed by atoms with Gasteiger partial charge in [0.15, 0.2) is 0 Å². The Balaban J connectivity index is 2.42. The topological polar surface area (TPSA) is 0 Å². The van der Waals surface area contributed by atoms with E-state index in [2.05, 4.69) is 44.2 Å². The van der Waals surface area contributed by atoms with Gasteiger partial charge in [-0.1, -0.05) is 0 Å². The molecule has 90 valence electrons. The van der Waals surface area contributed by atoms with Gasteiger partial charge in [-0.05, 0) is 0 Å². The molecular formula is C15H26Sn. The summed E-state index contributed by atoms with van der Waals surface area (Å²) in [5, 5.41) is 0. The molecule has 0 heterocycles. The zero-order valence-corrected chi connectivity index (χ0v) is 14.2. The van der Waals surface area contributed by atoms with Crippen LogP contribution in [0.3, 0.4) is 0 Å². The zero-order valence-electron chi connectivity index (χ0n) is 10.9. The van der Waals surface area contributed by atoms with Crippen LogP contribution in [0.5, 0.6) is 0 Å². The first-order valence-corrected chi connectivity index (χ1v) is 13.9. The molecule has 0 aliphatic rings. The van der Waals surface area contributed by atoms with E-state index < -0.39 is 19.8 Å². The van der Waals surface area contributed by atoms with Crippen molar-refractivity contribution in [2.45, 2.75) is 52.8 Å². The van der Waals surface area contributed by atoms with Gasteiger partial charge in [-0.15, -0.1) is 0 Å². The molecule has 0 aliphatic heterocycles. The average molecular weight is 325 g/mol. The summed E-state index contributed by atoms with van der Waals surface area (Å²) < 4.78 is 4.72. The molecule has 0 aliphatic carbocycles. The minimum absolute atomic E-state index is 1.21. The van der Waals surface area contributed by atoms with Crippen LogP contribution in [0.25, 0.3) is 0 Å². The van der Waals surface area contributed by atoms with E-state index in [0.29, 0.717) is 0 Å². The van der Waals surface area contributed by atoms with Crippen LogP contribution in [-0.2, 0) is 4.44 Å². The molecular weight excluding hydrogens is 299 g/mol. The SMILES string of the molecule is CCC[CH2][SnH]([CH2]CCC)[CH2]c1ccccc1. The summed E-state index contributed by atoms with van der Waals surface area (Å²) in [4.78, 5) is 0. The fourth-order valence-electron chi connectivity index (χ4n) is 2.28. The molecule has 0 bridgehead atoms. The maximum absolute atomic E-state index is 2.32. The van der Waals surface area contributed by atoms with Crippen LogP contribution in [0.1, 0.15) is 45.1 Å². The Kier molecular flexibility index (Phi) is 8.00. The Hall–Kier alpha value is 0.0187. The second-order valence-electron chi connectivity index (χ2n) is 4.84. The molecule has 0 unspecified atom stereocenters. The van der Waals surface area contributed by atoms with Crippen LogP contribution in [-0.4, -0.2) is 19.8 Å². The van der Waals surface area contributed by atoms with Gasteiger partial charge in [0, 0.05) is 0 Å². The van der Waals surface area contributed by atoms with E-state index in [1.807, 2.05) is 0 Å². The van der Waals surface area contributed by atoms with Gasteiger partial charge in [-0.3, -0.25) is 0 Å². The summed E-state index contributed by atoms with van der Waals surface area (Å²) in [6.45, 7) is 4.65. The standard InChI is InChI=1S/C7H7.2C4H9.Sn.H/c1-7-5-3-2-4-6-7;2*1-3-4-2;;/h2-6H,1H2;2*1,3-4H2,2H3;;. The monoisotopic (exact) mass is 326 g/mol. The predicted octanol–water partition coefficient (Wildman–Crippen LogP) is 4.60. The van der Waals surface area contributed by atoms with Crippen molar-refractivity contribution in [2.24, 2.45) is 0 Å². The molecule has 1 rings (SSSR count). The van der Waals surface area contributed by atoms with E-state index in [1.54, 1.807) is 14.4 Å². The van der Waals surface area contributed by atoms with Crippen molar-refractivity contribution in [1.82, 2.24) is 0 Å². The quantitative estimate of drug-likeness (QED) is 0.613. The molecule has 0 N–H and O–H groups in total. The van der Waals surface area contributed by atoms with Crippen molar-refractivity contribution in [2.75, 3.05) is 0 Å². The molecule has 1 heteroatoms. The Bertz CT molecular complexity index is 247. The van der Waals surface area contributed by atoms with Crippen molar-refractivity contribution >= 4 is 19.8 Å². The van der Waals surface area contributed by atoms with E-state index in [9.17, 15) is 0 Å². The van der Waals surface area contributed by atoms with Crippen LogP contribution < -0.4 is 0 Å². The molecule has 0 nitrogen and oxygen atoms in total. The molecule has 0 saturated heterocycles. The zero-order chi connectivity index (χ0) is 11.6. The molecule has 0 atom stereocenters. The van der Waals surface area contributed by atoms with Crippen LogP contribution in [0.2, 0.25) is 8.87 Å². The second-order valence-corrected chi connectivity index (χ2v) is 14.2. The third kappa shape index (κ3) is 5.93. The molecule has 1 aromatic rings. The van der Waals surface area contributed by atoms with Crippen molar-refractivity contribution in [3.8, 4) is 0 Å². The number of hydrogen-bond acceptors (Lipinski definition) is 0. The third-order valence-electron chi connectivity index (χ3n) is 3.30. The van der Waals surface area contributed by atoms with Crippen molar-refractivity contribution in [1.29, 1.82) is 0 Å². The third-order valence-corrected chi connectivity index (χ3v) is 13.3. The predicted molar refractivity (Wildman–Crippen MR) is 76.7 cm³/mol. The number of benzene rings is 1. The van der Waals surface area contributed by atoms with Crippen LogP contribution in [0.4, 0.5) is 0 Å². The van der Waals surface area contributed by atoms with Gasteiger partial charge in [0.05, 0.1) is 0 Å². The van der Waals surface area contributed by atoms with Gasteiger partial charge in [0.1, 0.15) is 0 Å². The Labute approximate surface area is 108 Å². The van der Waals surface area contributed by atoms with Gasteiger partial charge in [-0.25, -0.2) is 0 Å². The Morgan fingerprint density at radius 1 is 0.875 bits per heavy atom. The number of hydrogen-bond donors (Lipinski definition) is 0. The van der Waals surface area contributed by atoms with Crippen molar-refractivity contribution in [3.05, 3.63) is 35.9 Å². The van der Waals surface area contributed by atoms with Crippen LogP contribution in [0.15, 0.2) is 30.3 Å². The van der Waals surface area contributed by atoms with Gasteiger partial charge in [0.2, 0.25) is 0 Å². The van der Waals surface area contributed by atoms with Crippen LogP contribution >= 0.6 is 0 Å². The van der Waals surface area contributed by atoms with E-state index >= 15 is 0 Å².